The maximum atomic E-state index is 11.5. The maximum Gasteiger partial charge on any atom is 0.162 e. The van der Waals surface area contributed by atoms with Crippen molar-refractivity contribution in [1.82, 2.24) is 0 Å². The summed E-state index contributed by atoms with van der Waals surface area (Å²) in [6, 6.07) is 0. The normalized spacial score (nSPS) is 23.2. The first-order valence-corrected chi connectivity index (χ1v) is 4.43. The summed E-state index contributed by atoms with van der Waals surface area (Å²) in [6.07, 6.45) is 7.37. The van der Waals surface area contributed by atoms with Crippen LogP contribution in [0, 0.1) is 0 Å². The molecule has 64 valence electrons. The minimum absolute atomic E-state index is 0.284. The van der Waals surface area contributed by atoms with Gasteiger partial charge in [0, 0.05) is 12.0 Å². The van der Waals surface area contributed by atoms with Gasteiger partial charge in [0.15, 0.2) is 5.78 Å². The molecule has 2 nitrogen and oxygen atoms in total. The van der Waals surface area contributed by atoms with Crippen LogP contribution in [0.5, 0.6) is 0 Å². The number of allylic oxidation sites excluding steroid dienone is 3. The van der Waals surface area contributed by atoms with Gasteiger partial charge in [-0.2, -0.15) is 0 Å². The average Bonchev–Trinajstić information content (AvgIpc) is 2.29. The molecule has 0 unspecified atom stereocenters. The second kappa shape index (κ2) is 3.13. The largest absolute Gasteiger partial charge is 0.493 e. The van der Waals surface area contributed by atoms with Gasteiger partial charge in [0.05, 0.1) is 6.61 Å². The Balaban J connectivity index is 2.31. The highest BCUT2D eigenvalue weighted by Crippen LogP contribution is 2.24. The Labute approximate surface area is 71.9 Å². The van der Waals surface area contributed by atoms with E-state index in [-0.39, 0.29) is 5.78 Å². The molecule has 0 bridgehead atoms. The lowest BCUT2D eigenvalue weighted by Crippen LogP contribution is -2.05. The van der Waals surface area contributed by atoms with Crippen molar-refractivity contribution in [2.45, 2.75) is 25.7 Å². The molecule has 12 heavy (non-hydrogen) atoms. The highest BCUT2D eigenvalue weighted by Gasteiger charge is 2.19. The summed E-state index contributed by atoms with van der Waals surface area (Å²) in [7, 11) is 0. The lowest BCUT2D eigenvalue weighted by atomic mass is 9.98. The Kier molecular flexibility index (Phi) is 1.98. The van der Waals surface area contributed by atoms with E-state index in [1.54, 1.807) is 0 Å². The number of hydrogen-bond acceptors (Lipinski definition) is 2. The third-order valence-corrected chi connectivity index (χ3v) is 2.27. The summed E-state index contributed by atoms with van der Waals surface area (Å²) in [5.41, 5.74) is 0.912. The van der Waals surface area contributed by atoms with Gasteiger partial charge in [-0.1, -0.05) is 6.08 Å². The van der Waals surface area contributed by atoms with Crippen molar-refractivity contribution in [3.05, 3.63) is 23.5 Å². The van der Waals surface area contributed by atoms with Crippen molar-refractivity contribution in [2.75, 3.05) is 6.61 Å². The molecule has 0 radical (unpaired) electrons. The molecule has 0 aromatic carbocycles. The van der Waals surface area contributed by atoms with Crippen molar-refractivity contribution in [3.8, 4) is 0 Å². The molecular weight excluding hydrogens is 152 g/mol. The van der Waals surface area contributed by atoms with Crippen LogP contribution in [-0.2, 0) is 9.53 Å². The number of Topliss-reactive ketones (excluding diaryl/α,β-unsaturated/α-hetero) is 1. The van der Waals surface area contributed by atoms with Gasteiger partial charge in [-0.15, -0.1) is 0 Å². The number of carbonyl (C=O) groups excluding carboxylic acids is 1. The van der Waals surface area contributed by atoms with Gasteiger partial charge in [0.2, 0.25) is 0 Å². The van der Waals surface area contributed by atoms with E-state index in [1.165, 1.54) is 0 Å². The fourth-order valence-corrected chi connectivity index (χ4v) is 1.62. The Morgan fingerprint density at radius 1 is 1.33 bits per heavy atom. The van der Waals surface area contributed by atoms with Gasteiger partial charge in [-0.3, -0.25) is 4.79 Å². The molecule has 0 saturated heterocycles. The van der Waals surface area contributed by atoms with Crippen LogP contribution in [0.4, 0.5) is 0 Å². The van der Waals surface area contributed by atoms with E-state index in [0.717, 1.165) is 30.6 Å². The van der Waals surface area contributed by atoms with Crippen molar-refractivity contribution >= 4 is 5.78 Å². The van der Waals surface area contributed by atoms with Crippen LogP contribution in [0.25, 0.3) is 0 Å². The molecule has 0 atom stereocenters. The molecule has 0 spiro atoms. The first-order chi connectivity index (χ1) is 5.88. The topological polar surface area (TPSA) is 26.3 Å². The summed E-state index contributed by atoms with van der Waals surface area (Å²) in [4.78, 5) is 11.5. The summed E-state index contributed by atoms with van der Waals surface area (Å²) < 4.78 is 5.45. The zero-order chi connectivity index (χ0) is 8.39. The van der Waals surface area contributed by atoms with Crippen LogP contribution in [0.3, 0.4) is 0 Å². The van der Waals surface area contributed by atoms with E-state index in [2.05, 4.69) is 6.08 Å². The van der Waals surface area contributed by atoms with E-state index in [9.17, 15) is 4.79 Å². The molecule has 0 fully saturated rings. The molecule has 0 saturated carbocycles. The molecule has 1 heterocycles. The first-order valence-electron chi connectivity index (χ1n) is 4.43. The molecule has 0 aromatic heterocycles. The van der Waals surface area contributed by atoms with E-state index >= 15 is 0 Å². The van der Waals surface area contributed by atoms with Crippen molar-refractivity contribution in [2.24, 2.45) is 0 Å². The Morgan fingerprint density at radius 2 is 2.25 bits per heavy atom. The standard InChI is InChI=1S/C10H12O2/c11-9-5-3-7-12-10-6-2-1-4-8(9)10/h2,6H,1,3-5,7H2. The number of rotatable bonds is 0. The fraction of sp³-hybridized carbons (Fsp3) is 0.500. The Hall–Kier alpha value is -1.05. The first kappa shape index (κ1) is 7.59. The smallest absolute Gasteiger partial charge is 0.162 e. The number of carbonyl (C=O) groups is 1. The van der Waals surface area contributed by atoms with Gasteiger partial charge in [-0.05, 0) is 25.3 Å². The summed E-state index contributed by atoms with van der Waals surface area (Å²) in [5, 5.41) is 0. The van der Waals surface area contributed by atoms with Crippen LogP contribution in [0.15, 0.2) is 23.5 Å². The van der Waals surface area contributed by atoms with Crippen molar-refractivity contribution in [3.63, 3.8) is 0 Å². The van der Waals surface area contributed by atoms with Crippen LogP contribution in [0.2, 0.25) is 0 Å². The predicted molar refractivity (Wildman–Crippen MR) is 45.6 cm³/mol. The summed E-state index contributed by atoms with van der Waals surface area (Å²) in [6.45, 7) is 0.689. The summed E-state index contributed by atoms with van der Waals surface area (Å²) in [5.74, 6) is 1.11. The lowest BCUT2D eigenvalue weighted by Gasteiger charge is -2.11. The van der Waals surface area contributed by atoms with Crippen LogP contribution >= 0.6 is 0 Å². The third kappa shape index (κ3) is 1.29. The fourth-order valence-electron chi connectivity index (χ4n) is 1.62. The second-order valence-electron chi connectivity index (χ2n) is 3.16. The number of ether oxygens (including phenoxy) is 1. The van der Waals surface area contributed by atoms with E-state index in [1.807, 2.05) is 6.08 Å². The van der Waals surface area contributed by atoms with Gasteiger partial charge >= 0.3 is 0 Å². The molecule has 1 aliphatic carbocycles. The second-order valence-corrected chi connectivity index (χ2v) is 3.16. The monoisotopic (exact) mass is 164 g/mol. The highest BCUT2D eigenvalue weighted by atomic mass is 16.5. The zero-order valence-electron chi connectivity index (χ0n) is 7.01. The van der Waals surface area contributed by atoms with Crippen LogP contribution < -0.4 is 0 Å². The average molecular weight is 164 g/mol. The number of hydrogen-bond donors (Lipinski definition) is 0. The van der Waals surface area contributed by atoms with Crippen molar-refractivity contribution in [1.29, 1.82) is 0 Å². The molecule has 0 aromatic rings. The van der Waals surface area contributed by atoms with Crippen LogP contribution in [0.1, 0.15) is 25.7 Å². The highest BCUT2D eigenvalue weighted by molar-refractivity contribution is 5.96. The van der Waals surface area contributed by atoms with Gasteiger partial charge in [0.1, 0.15) is 5.76 Å². The van der Waals surface area contributed by atoms with Gasteiger partial charge < -0.3 is 4.74 Å². The Morgan fingerprint density at radius 3 is 3.17 bits per heavy atom. The molecule has 2 rings (SSSR count). The van der Waals surface area contributed by atoms with E-state index < -0.39 is 0 Å². The van der Waals surface area contributed by atoms with Crippen molar-refractivity contribution < 1.29 is 9.53 Å². The SMILES string of the molecule is O=C1CCCOC2=C1CCC=C2. The van der Waals surface area contributed by atoms with E-state index in [4.69, 9.17) is 4.74 Å². The minimum Gasteiger partial charge on any atom is -0.493 e. The summed E-state index contributed by atoms with van der Waals surface area (Å²) >= 11 is 0. The Bertz CT molecular complexity index is 261. The van der Waals surface area contributed by atoms with Crippen LogP contribution in [-0.4, -0.2) is 12.4 Å². The molecule has 0 N–H and O–H groups in total. The molecule has 1 aliphatic heterocycles. The van der Waals surface area contributed by atoms with Gasteiger partial charge in [0.25, 0.3) is 0 Å². The van der Waals surface area contributed by atoms with Gasteiger partial charge in [-0.25, -0.2) is 0 Å². The maximum absolute atomic E-state index is 11.5. The molecule has 2 heteroatoms. The number of ketones is 1. The quantitative estimate of drug-likeness (QED) is 0.547. The molecular formula is C10H12O2. The minimum atomic E-state index is 0.284. The van der Waals surface area contributed by atoms with E-state index in [0.29, 0.717) is 13.0 Å². The third-order valence-electron chi connectivity index (χ3n) is 2.27. The lowest BCUT2D eigenvalue weighted by molar-refractivity contribution is -0.115. The predicted octanol–water partition coefficient (Wildman–Crippen LogP) is 1.97. The molecule has 0 amide bonds. The molecule has 2 aliphatic rings. The zero-order valence-corrected chi connectivity index (χ0v) is 7.01.